The Morgan fingerprint density at radius 3 is 2.76 bits per heavy atom. The highest BCUT2D eigenvalue weighted by atomic mass is 127. The van der Waals surface area contributed by atoms with Crippen molar-refractivity contribution in [3.63, 3.8) is 0 Å². The number of nitrogens with two attached hydrogens (primary N) is 1. The Morgan fingerprint density at radius 2 is 2.10 bits per heavy atom. The highest BCUT2D eigenvalue weighted by Crippen LogP contribution is 2.18. The van der Waals surface area contributed by atoms with E-state index in [2.05, 4.69) is 43.2 Å². The van der Waals surface area contributed by atoms with Gasteiger partial charge in [0.25, 0.3) is 0 Å². The van der Waals surface area contributed by atoms with Crippen LogP contribution in [0.5, 0.6) is 0 Å². The molecule has 0 aliphatic carbocycles. The zero-order valence-corrected chi connectivity index (χ0v) is 15.6. The van der Waals surface area contributed by atoms with Gasteiger partial charge in [-0.05, 0) is 30.0 Å². The molecule has 0 aliphatic rings. The summed E-state index contributed by atoms with van der Waals surface area (Å²) in [6.45, 7) is 8.50. The standard InChI is InChI=1S/C16H27N3O.HI/c1-4-5-10-20-11-9-18-16(17)19-15-8-6-7-14(12-15)13(2)3;/h6-8,12-13H,4-5,9-11H2,1-3H3,(H3,17,18,19);1H. The number of halogens is 1. The van der Waals surface area contributed by atoms with Crippen molar-refractivity contribution in [2.24, 2.45) is 10.7 Å². The number of hydrogen-bond donors (Lipinski definition) is 2. The molecule has 0 unspecified atom stereocenters. The van der Waals surface area contributed by atoms with Crippen molar-refractivity contribution in [2.75, 3.05) is 25.1 Å². The Balaban J connectivity index is 0.00000400. The van der Waals surface area contributed by atoms with Crippen LogP contribution in [0.3, 0.4) is 0 Å². The van der Waals surface area contributed by atoms with E-state index < -0.39 is 0 Å². The van der Waals surface area contributed by atoms with Gasteiger partial charge in [0.15, 0.2) is 5.96 Å². The Kier molecular flexibility index (Phi) is 11.3. The second-order valence-corrected chi connectivity index (χ2v) is 5.14. The molecule has 4 nitrogen and oxygen atoms in total. The molecule has 1 rings (SSSR count). The molecule has 0 atom stereocenters. The van der Waals surface area contributed by atoms with Crippen LogP contribution in [0.1, 0.15) is 45.1 Å². The number of nitrogens with zero attached hydrogens (tertiary/aromatic N) is 1. The first-order valence-electron chi connectivity index (χ1n) is 7.38. The number of benzene rings is 1. The minimum Gasteiger partial charge on any atom is -0.380 e. The maximum Gasteiger partial charge on any atom is 0.193 e. The molecule has 0 saturated carbocycles. The molecule has 0 aromatic heterocycles. The van der Waals surface area contributed by atoms with Gasteiger partial charge in [-0.3, -0.25) is 4.99 Å². The van der Waals surface area contributed by atoms with Crippen LogP contribution < -0.4 is 11.1 Å². The van der Waals surface area contributed by atoms with E-state index in [1.165, 1.54) is 5.56 Å². The molecule has 0 spiro atoms. The maximum absolute atomic E-state index is 5.86. The lowest BCUT2D eigenvalue weighted by Crippen LogP contribution is -2.23. The highest BCUT2D eigenvalue weighted by Gasteiger charge is 2.00. The van der Waals surface area contributed by atoms with Gasteiger partial charge in [-0.25, -0.2) is 0 Å². The maximum atomic E-state index is 5.86. The fourth-order valence-electron chi connectivity index (χ4n) is 1.74. The lowest BCUT2D eigenvalue weighted by atomic mass is 10.0. The summed E-state index contributed by atoms with van der Waals surface area (Å²) in [7, 11) is 0. The summed E-state index contributed by atoms with van der Waals surface area (Å²) in [6.07, 6.45) is 2.25. The lowest BCUT2D eigenvalue weighted by molar-refractivity contribution is 0.139. The molecule has 0 fully saturated rings. The van der Waals surface area contributed by atoms with Crippen molar-refractivity contribution in [3.05, 3.63) is 29.8 Å². The zero-order chi connectivity index (χ0) is 14.8. The average Bonchev–Trinajstić information content (AvgIpc) is 2.43. The summed E-state index contributed by atoms with van der Waals surface area (Å²) in [5, 5.41) is 3.11. The molecule has 0 heterocycles. The summed E-state index contributed by atoms with van der Waals surface area (Å²) >= 11 is 0. The van der Waals surface area contributed by atoms with Crippen LogP contribution in [0.4, 0.5) is 5.69 Å². The molecule has 1 aromatic rings. The van der Waals surface area contributed by atoms with Crippen LogP contribution in [0.25, 0.3) is 0 Å². The number of rotatable bonds is 8. The largest absolute Gasteiger partial charge is 0.380 e. The molecule has 0 saturated heterocycles. The molecule has 0 aliphatic heterocycles. The number of nitrogens with one attached hydrogen (secondary N) is 1. The van der Waals surface area contributed by atoms with Crippen LogP contribution in [0.15, 0.2) is 29.3 Å². The molecule has 0 bridgehead atoms. The quantitative estimate of drug-likeness (QED) is 0.298. The number of guanidine groups is 1. The summed E-state index contributed by atoms with van der Waals surface area (Å²) in [5.41, 5.74) is 8.12. The first-order chi connectivity index (χ1) is 9.63. The second-order valence-electron chi connectivity index (χ2n) is 5.14. The molecule has 0 amide bonds. The first kappa shape index (κ1) is 20.2. The van der Waals surface area contributed by atoms with E-state index in [0.29, 0.717) is 25.0 Å². The molecule has 5 heteroatoms. The number of anilines is 1. The van der Waals surface area contributed by atoms with Crippen LogP contribution in [0, 0.1) is 0 Å². The third-order valence-corrected chi connectivity index (χ3v) is 2.99. The fourth-order valence-corrected chi connectivity index (χ4v) is 1.74. The van der Waals surface area contributed by atoms with Crippen molar-refractivity contribution in [1.82, 2.24) is 0 Å². The average molecular weight is 405 g/mol. The molecule has 120 valence electrons. The van der Waals surface area contributed by atoms with Crippen molar-refractivity contribution < 1.29 is 4.74 Å². The van der Waals surface area contributed by atoms with Crippen LogP contribution >= 0.6 is 24.0 Å². The molecule has 3 N–H and O–H groups in total. The fraction of sp³-hybridized carbons (Fsp3) is 0.562. The number of unbranched alkanes of at least 4 members (excludes halogenated alkanes) is 1. The summed E-state index contributed by atoms with van der Waals surface area (Å²) in [6, 6.07) is 8.24. The smallest absolute Gasteiger partial charge is 0.193 e. The molecule has 21 heavy (non-hydrogen) atoms. The van der Waals surface area contributed by atoms with Crippen LogP contribution in [-0.4, -0.2) is 25.7 Å². The van der Waals surface area contributed by atoms with Gasteiger partial charge in [-0.15, -0.1) is 24.0 Å². The van der Waals surface area contributed by atoms with Gasteiger partial charge in [-0.1, -0.05) is 39.3 Å². The monoisotopic (exact) mass is 405 g/mol. The third kappa shape index (κ3) is 8.93. The van der Waals surface area contributed by atoms with Crippen molar-refractivity contribution >= 4 is 35.6 Å². The highest BCUT2D eigenvalue weighted by molar-refractivity contribution is 14.0. The summed E-state index contributed by atoms with van der Waals surface area (Å²) < 4.78 is 5.43. The van der Waals surface area contributed by atoms with Gasteiger partial charge in [0, 0.05) is 12.3 Å². The topological polar surface area (TPSA) is 59.6 Å². The van der Waals surface area contributed by atoms with Crippen LogP contribution in [-0.2, 0) is 4.74 Å². The van der Waals surface area contributed by atoms with Crippen molar-refractivity contribution in [3.8, 4) is 0 Å². The Morgan fingerprint density at radius 1 is 1.33 bits per heavy atom. The van der Waals surface area contributed by atoms with E-state index in [0.717, 1.165) is 25.1 Å². The number of ether oxygens (including phenoxy) is 1. The predicted molar refractivity (Wildman–Crippen MR) is 102 cm³/mol. The molecule has 0 radical (unpaired) electrons. The molecular weight excluding hydrogens is 377 g/mol. The van der Waals surface area contributed by atoms with E-state index >= 15 is 0 Å². The Hall–Kier alpha value is -0.820. The lowest BCUT2D eigenvalue weighted by Gasteiger charge is -2.10. The number of hydrogen-bond acceptors (Lipinski definition) is 2. The van der Waals surface area contributed by atoms with Gasteiger partial charge in [-0.2, -0.15) is 0 Å². The van der Waals surface area contributed by atoms with Gasteiger partial charge in [0.05, 0.1) is 13.2 Å². The van der Waals surface area contributed by atoms with Gasteiger partial charge < -0.3 is 15.8 Å². The minimum absolute atomic E-state index is 0. The Labute approximate surface area is 145 Å². The van der Waals surface area contributed by atoms with E-state index in [4.69, 9.17) is 10.5 Å². The van der Waals surface area contributed by atoms with Gasteiger partial charge in [0.1, 0.15) is 0 Å². The van der Waals surface area contributed by atoms with Crippen molar-refractivity contribution in [1.29, 1.82) is 0 Å². The summed E-state index contributed by atoms with van der Waals surface area (Å²) in [5.74, 6) is 0.937. The Bertz CT molecular complexity index is 422. The predicted octanol–water partition coefficient (Wildman–Crippen LogP) is 3.97. The molecular formula is C16H28IN3O. The van der Waals surface area contributed by atoms with E-state index in [1.54, 1.807) is 0 Å². The van der Waals surface area contributed by atoms with E-state index in [1.807, 2.05) is 12.1 Å². The SMILES string of the molecule is CCCCOCCN=C(N)Nc1cccc(C(C)C)c1.I. The van der Waals surface area contributed by atoms with Crippen LogP contribution in [0.2, 0.25) is 0 Å². The third-order valence-electron chi connectivity index (χ3n) is 2.99. The molecule has 1 aromatic carbocycles. The second kappa shape index (κ2) is 11.8. The van der Waals surface area contributed by atoms with Gasteiger partial charge >= 0.3 is 0 Å². The minimum atomic E-state index is 0. The normalized spacial score (nSPS) is 11.3. The van der Waals surface area contributed by atoms with E-state index in [-0.39, 0.29) is 24.0 Å². The van der Waals surface area contributed by atoms with E-state index in [9.17, 15) is 0 Å². The summed E-state index contributed by atoms with van der Waals surface area (Å²) in [4.78, 5) is 4.25. The zero-order valence-electron chi connectivity index (χ0n) is 13.3. The van der Waals surface area contributed by atoms with Crippen molar-refractivity contribution in [2.45, 2.75) is 39.5 Å². The first-order valence-corrected chi connectivity index (χ1v) is 7.38. The van der Waals surface area contributed by atoms with Gasteiger partial charge in [0.2, 0.25) is 0 Å². The number of aliphatic imine (C=N–C) groups is 1.